The third-order valence-electron chi connectivity index (χ3n) is 11.3. The number of ether oxygens (including phenoxy) is 3. The predicted octanol–water partition coefficient (Wildman–Crippen LogP) is 4.87. The fourth-order valence-corrected chi connectivity index (χ4v) is 10.9. The molecule has 16 nitrogen and oxygen atoms in total. The van der Waals surface area contributed by atoms with E-state index in [-0.39, 0.29) is 61.5 Å². The Labute approximate surface area is 379 Å². The Morgan fingerprint density at radius 1 is 0.785 bits per heavy atom. The van der Waals surface area contributed by atoms with Gasteiger partial charge >= 0.3 is 18.4 Å². The predicted molar refractivity (Wildman–Crippen MR) is 230 cm³/mol. The highest BCUT2D eigenvalue weighted by Gasteiger charge is 2.44. The molecule has 4 heterocycles. The monoisotopic (exact) mass is 945 g/mol. The number of alkyl carbamates (subject to hydrolysis) is 2. The molecular weight excluding hydrogens is 899 g/mol. The topological polar surface area (TPSA) is 206 Å². The maximum absolute atomic E-state index is 13.5. The second-order valence-corrected chi connectivity index (χ2v) is 18.3. The van der Waals surface area contributed by atoms with Crippen LogP contribution in [0, 0.1) is 17.7 Å². The maximum atomic E-state index is 13.5. The minimum Gasteiger partial charge on any atom is -0.457 e. The normalized spacial score (nSPS) is 25.2. The Morgan fingerprint density at radius 2 is 1.45 bits per heavy atom. The van der Waals surface area contributed by atoms with Gasteiger partial charge in [0.2, 0.25) is 17.7 Å². The van der Waals surface area contributed by atoms with Gasteiger partial charge in [0.25, 0.3) is 5.91 Å². The Kier molecular flexibility index (Phi) is 15.5. The van der Waals surface area contributed by atoms with E-state index in [1.165, 1.54) is 72.1 Å². The first-order valence-corrected chi connectivity index (χ1v) is 22.9. The van der Waals surface area contributed by atoms with Gasteiger partial charge in [0.05, 0.1) is 53.6 Å². The molecule has 0 spiro atoms. The fourth-order valence-electron chi connectivity index (χ4n) is 8.02. The summed E-state index contributed by atoms with van der Waals surface area (Å²) < 4.78 is 68.6. The van der Waals surface area contributed by atoms with E-state index in [0.717, 1.165) is 12.1 Å². The van der Waals surface area contributed by atoms with E-state index >= 15 is 0 Å². The lowest BCUT2D eigenvalue weighted by Crippen LogP contribution is -2.62. The molecule has 0 aromatic heterocycles. The van der Waals surface area contributed by atoms with Crippen LogP contribution < -0.4 is 36.6 Å². The molecule has 348 valence electrons. The number of alkyl halides is 3. The number of nitrogens with zero attached hydrogens (tertiary/aromatic N) is 1. The summed E-state index contributed by atoms with van der Waals surface area (Å²) >= 11 is 2.62. The molecule has 4 fully saturated rings. The van der Waals surface area contributed by atoms with Gasteiger partial charge in [-0.15, -0.1) is 23.5 Å². The largest absolute Gasteiger partial charge is 0.457 e. The third kappa shape index (κ3) is 12.3. The van der Waals surface area contributed by atoms with Crippen LogP contribution in [0.3, 0.4) is 0 Å². The van der Waals surface area contributed by atoms with Crippen molar-refractivity contribution in [3.05, 3.63) is 95.3 Å². The molecule has 0 saturated carbocycles. The molecule has 0 bridgehead atoms. The van der Waals surface area contributed by atoms with Crippen molar-refractivity contribution in [1.82, 2.24) is 36.8 Å². The van der Waals surface area contributed by atoms with Crippen molar-refractivity contribution >= 4 is 59.3 Å². The Hall–Kier alpha value is -5.42. The molecule has 4 aliphatic heterocycles. The van der Waals surface area contributed by atoms with Gasteiger partial charge in [-0.1, -0.05) is 12.1 Å². The van der Waals surface area contributed by atoms with Gasteiger partial charge in [-0.05, 0) is 98.2 Å². The summed E-state index contributed by atoms with van der Waals surface area (Å²) in [6.07, 6.45) is -5.69. The number of imide groups is 2. The van der Waals surface area contributed by atoms with E-state index < -0.39 is 76.1 Å². The number of carbonyl (C=O) groups is 6. The average molecular weight is 946 g/mol. The number of hydrogen-bond donors (Lipinski definition) is 6. The number of rotatable bonds is 13. The highest BCUT2D eigenvalue weighted by Crippen LogP contribution is 2.40. The molecule has 4 saturated heterocycles. The van der Waals surface area contributed by atoms with Crippen LogP contribution in [-0.2, 0) is 30.0 Å². The maximum Gasteiger partial charge on any atom is 0.416 e. The van der Waals surface area contributed by atoms with Crippen molar-refractivity contribution in [2.45, 2.75) is 66.6 Å². The van der Waals surface area contributed by atoms with Gasteiger partial charge < -0.3 is 30.2 Å². The number of fused-ring (bicyclic) bond motifs is 1. The molecule has 8 unspecified atom stereocenters. The molecule has 3 aromatic carbocycles. The van der Waals surface area contributed by atoms with Crippen molar-refractivity contribution in [2.24, 2.45) is 11.8 Å². The molecule has 0 aliphatic carbocycles. The van der Waals surface area contributed by atoms with Crippen LogP contribution in [-0.4, -0.2) is 108 Å². The van der Waals surface area contributed by atoms with Gasteiger partial charge in [0, 0.05) is 36.5 Å². The summed E-state index contributed by atoms with van der Waals surface area (Å²) in [5.41, 5.74) is 0.211. The molecule has 0 radical (unpaired) electrons. The molecule has 4 aliphatic rings. The highest BCUT2D eigenvalue weighted by molar-refractivity contribution is 8.00. The summed E-state index contributed by atoms with van der Waals surface area (Å²) in [7, 11) is 0. The van der Waals surface area contributed by atoms with Crippen LogP contribution in [0.2, 0.25) is 0 Å². The minimum absolute atomic E-state index is 0.0356. The van der Waals surface area contributed by atoms with Crippen LogP contribution in [0.25, 0.3) is 0 Å². The van der Waals surface area contributed by atoms with Gasteiger partial charge in [-0.3, -0.25) is 40.0 Å². The molecule has 3 aromatic rings. The summed E-state index contributed by atoms with van der Waals surface area (Å²) in [6.45, 7) is 2.64. The zero-order valence-corrected chi connectivity index (χ0v) is 36.5. The van der Waals surface area contributed by atoms with E-state index in [4.69, 9.17) is 14.2 Å². The smallest absolute Gasteiger partial charge is 0.416 e. The zero-order valence-electron chi connectivity index (χ0n) is 34.9. The second kappa shape index (κ2) is 21.3. The number of thioether (sulfide) groups is 2. The van der Waals surface area contributed by atoms with Gasteiger partial charge in [-0.2, -0.15) is 13.2 Å². The van der Waals surface area contributed by atoms with Crippen molar-refractivity contribution in [1.29, 1.82) is 0 Å². The number of hydrogen-bond acceptors (Lipinski definition) is 14. The standard InChI is InChI=1S/C43H47F4N7O9S2/c1-2-61-41(59)53-37(57)31-19-29(65-40(31)50-35(55)24-5-11-27(12-6-24)63-28-13-9-26(44)10-14-28)15-17-62-42(60)52-36(56)30-16-18-64-39(30)51-38(58)32-22-54-33(20-49-34(54)21-48-32)23-3-7-25(8-4-23)43(45,46)47/h3-14,29-34,39-40,48-49H,2,15-22H2,1H3,(H,50,55)(H,51,58)(H,52,56,60)(H,53,57,59). The first-order valence-electron chi connectivity index (χ1n) is 20.9. The molecular formula is C43H47F4N7O9S2. The molecule has 65 heavy (non-hydrogen) atoms. The first kappa shape index (κ1) is 47.5. The van der Waals surface area contributed by atoms with E-state index in [0.29, 0.717) is 42.3 Å². The number of carbonyl (C=O) groups excluding carboxylic acids is 6. The summed E-state index contributed by atoms with van der Waals surface area (Å²) in [6, 6.07) is 15.7. The average Bonchev–Trinajstić information content (AvgIpc) is 4.03. The van der Waals surface area contributed by atoms with E-state index in [2.05, 4.69) is 31.9 Å². The van der Waals surface area contributed by atoms with Gasteiger partial charge in [-0.25, -0.2) is 14.0 Å². The fraction of sp³-hybridized carbons (Fsp3) is 0.442. The first-order chi connectivity index (χ1) is 31.1. The lowest BCUT2D eigenvalue weighted by atomic mass is 10.0. The zero-order chi connectivity index (χ0) is 46.3. The summed E-state index contributed by atoms with van der Waals surface area (Å²) in [5, 5.41) is 15.1. The molecule has 8 atom stereocenters. The van der Waals surface area contributed by atoms with E-state index in [1.54, 1.807) is 19.1 Å². The highest BCUT2D eigenvalue weighted by atomic mass is 32.2. The van der Waals surface area contributed by atoms with E-state index in [1.807, 2.05) is 4.90 Å². The number of nitrogens with one attached hydrogen (secondary N) is 6. The van der Waals surface area contributed by atoms with Crippen molar-refractivity contribution < 1.29 is 60.5 Å². The quantitative estimate of drug-likeness (QED) is 0.127. The van der Waals surface area contributed by atoms with Crippen molar-refractivity contribution in [3.63, 3.8) is 0 Å². The van der Waals surface area contributed by atoms with Crippen LogP contribution in [0.1, 0.15) is 53.7 Å². The lowest BCUT2D eigenvalue weighted by Gasteiger charge is -2.38. The number of amides is 6. The van der Waals surface area contributed by atoms with Crippen molar-refractivity contribution in [2.75, 3.05) is 38.6 Å². The van der Waals surface area contributed by atoms with Crippen molar-refractivity contribution in [3.8, 4) is 11.5 Å². The number of benzene rings is 3. The van der Waals surface area contributed by atoms with Crippen LogP contribution in [0.4, 0.5) is 27.2 Å². The minimum atomic E-state index is -4.45. The number of piperazine rings is 1. The molecule has 6 N–H and O–H groups in total. The van der Waals surface area contributed by atoms with Crippen LogP contribution in [0.15, 0.2) is 72.8 Å². The van der Waals surface area contributed by atoms with E-state index in [9.17, 15) is 46.3 Å². The van der Waals surface area contributed by atoms with Gasteiger partial charge in [0.1, 0.15) is 17.3 Å². The number of halogens is 4. The van der Waals surface area contributed by atoms with Crippen LogP contribution in [0.5, 0.6) is 11.5 Å². The Morgan fingerprint density at radius 3 is 2.12 bits per heavy atom. The van der Waals surface area contributed by atoms with Crippen LogP contribution >= 0.6 is 23.5 Å². The molecule has 22 heteroatoms. The lowest BCUT2D eigenvalue weighted by molar-refractivity contribution is -0.137. The van der Waals surface area contributed by atoms with Gasteiger partial charge in [0.15, 0.2) is 0 Å². The Bertz CT molecular complexity index is 2210. The SMILES string of the molecule is CCOC(=O)NC(=O)C1CC(CCOC(=O)NC(=O)C2CCSC2NC(=O)C2CN3C(CN2)NCC3c2ccc(C(F)(F)F)cc2)SC1NC(=O)c1ccc(Oc2ccc(F)cc2)cc1. The summed E-state index contributed by atoms with van der Waals surface area (Å²) in [4.78, 5) is 80.2. The third-order valence-corrected chi connectivity index (χ3v) is 14.2. The second-order valence-electron chi connectivity index (χ2n) is 15.6. The molecule has 7 rings (SSSR count). The Balaban J connectivity index is 0.875. The molecule has 6 amide bonds. The summed E-state index contributed by atoms with van der Waals surface area (Å²) in [5.74, 6) is -2.82.